The highest BCUT2D eigenvalue weighted by molar-refractivity contribution is 9.10. The third kappa shape index (κ3) is 3.43. The summed E-state index contributed by atoms with van der Waals surface area (Å²) in [4.78, 5) is 13.0. The first-order valence-electron chi connectivity index (χ1n) is 5.72. The van der Waals surface area contributed by atoms with E-state index in [1.165, 1.54) is 22.3 Å². The molecule has 0 aliphatic heterocycles. The van der Waals surface area contributed by atoms with Gasteiger partial charge in [-0.3, -0.25) is 4.90 Å². The Balaban J connectivity index is 2.14. The fourth-order valence-corrected chi connectivity index (χ4v) is 2.43. The van der Waals surface area contributed by atoms with Gasteiger partial charge in [-0.05, 0) is 12.1 Å². The van der Waals surface area contributed by atoms with Crippen LogP contribution in [0.2, 0.25) is 0 Å². The van der Waals surface area contributed by atoms with Gasteiger partial charge in [0.05, 0.1) is 0 Å². The summed E-state index contributed by atoms with van der Waals surface area (Å²) in [6, 6.07) is 7.73. The Morgan fingerprint density at radius 3 is 2.80 bits per heavy atom. The molecule has 7 heteroatoms. The van der Waals surface area contributed by atoms with E-state index in [1.807, 2.05) is 24.3 Å². The van der Waals surface area contributed by atoms with Gasteiger partial charge in [0.1, 0.15) is 11.6 Å². The lowest BCUT2D eigenvalue weighted by molar-refractivity contribution is 0.167. The van der Waals surface area contributed by atoms with Crippen LogP contribution in [0.1, 0.15) is 0 Å². The van der Waals surface area contributed by atoms with E-state index < -0.39 is 6.09 Å². The largest absolute Gasteiger partial charge is 0.445 e. The Morgan fingerprint density at radius 2 is 2.15 bits per heavy atom. The number of halogens is 1. The Morgan fingerprint density at radius 1 is 1.45 bits per heavy atom. The molecule has 0 atom stereocenters. The summed E-state index contributed by atoms with van der Waals surface area (Å²) in [5.74, 6) is 0. The van der Waals surface area contributed by atoms with Gasteiger partial charge in [-0.2, -0.15) is 0 Å². The normalized spacial score (nSPS) is 10.1. The first kappa shape index (κ1) is 14.7. The van der Waals surface area contributed by atoms with Crippen LogP contribution in [0.25, 0.3) is 10.6 Å². The molecule has 104 valence electrons. The molecular weight excluding hydrogens is 342 g/mol. The molecule has 1 aromatic carbocycles. The van der Waals surface area contributed by atoms with E-state index in [0.717, 1.165) is 15.0 Å². The van der Waals surface area contributed by atoms with Crippen molar-refractivity contribution in [3.63, 3.8) is 0 Å². The van der Waals surface area contributed by atoms with Crippen LogP contribution in [0.3, 0.4) is 0 Å². The number of ether oxygens (including phenoxy) is 1. The van der Waals surface area contributed by atoms with Crippen LogP contribution in [-0.4, -0.2) is 29.9 Å². The number of hydrogen-bond acceptors (Lipinski definition) is 5. The van der Waals surface area contributed by atoms with Crippen molar-refractivity contribution in [1.29, 1.82) is 0 Å². The zero-order chi connectivity index (χ0) is 14.5. The van der Waals surface area contributed by atoms with Crippen LogP contribution in [0, 0.1) is 0 Å². The van der Waals surface area contributed by atoms with E-state index in [0.29, 0.717) is 5.13 Å². The first-order valence-corrected chi connectivity index (χ1v) is 7.33. The van der Waals surface area contributed by atoms with Crippen molar-refractivity contribution in [3.8, 4) is 10.6 Å². The molecule has 0 aliphatic carbocycles. The van der Waals surface area contributed by atoms with Gasteiger partial charge in [0, 0.05) is 17.1 Å². The van der Waals surface area contributed by atoms with Crippen LogP contribution in [0.4, 0.5) is 9.93 Å². The Labute approximate surface area is 129 Å². The minimum atomic E-state index is -0.483. The summed E-state index contributed by atoms with van der Waals surface area (Å²) in [6.45, 7) is 3.66. The number of nitrogens with zero attached hydrogens (tertiary/aromatic N) is 3. The summed E-state index contributed by atoms with van der Waals surface area (Å²) in [7, 11) is 1.59. The van der Waals surface area contributed by atoms with Crippen molar-refractivity contribution in [3.05, 3.63) is 41.4 Å². The second-order valence-electron chi connectivity index (χ2n) is 3.82. The Hall–Kier alpha value is -1.73. The third-order valence-corrected chi connectivity index (χ3v) is 3.97. The van der Waals surface area contributed by atoms with E-state index in [4.69, 9.17) is 4.74 Å². The number of carbonyl (C=O) groups excluding carboxylic acids is 1. The number of benzene rings is 1. The fourth-order valence-electron chi connectivity index (χ4n) is 1.37. The van der Waals surface area contributed by atoms with Gasteiger partial charge < -0.3 is 4.74 Å². The highest BCUT2D eigenvalue weighted by Gasteiger charge is 2.17. The second kappa shape index (κ2) is 6.62. The Kier molecular flexibility index (Phi) is 4.86. The zero-order valence-electron chi connectivity index (χ0n) is 10.7. The number of amides is 1. The van der Waals surface area contributed by atoms with Crippen LogP contribution >= 0.6 is 27.3 Å². The van der Waals surface area contributed by atoms with Crippen molar-refractivity contribution in [2.45, 2.75) is 0 Å². The number of aromatic nitrogens is 2. The van der Waals surface area contributed by atoms with Gasteiger partial charge in [-0.15, -0.1) is 10.2 Å². The SMILES string of the molecule is C=CCOC(=O)N(C)c1nnc(-c2ccc(Br)cc2)s1. The summed E-state index contributed by atoms with van der Waals surface area (Å²) >= 11 is 4.70. The average molecular weight is 354 g/mol. The standard InChI is InChI=1S/C13H12BrN3O2S/c1-3-8-19-13(18)17(2)12-16-15-11(20-12)9-4-6-10(14)7-5-9/h3-7H,1,8H2,2H3. The quantitative estimate of drug-likeness (QED) is 0.785. The minimum absolute atomic E-state index is 0.168. The minimum Gasteiger partial charge on any atom is -0.445 e. The van der Waals surface area contributed by atoms with Crippen molar-refractivity contribution < 1.29 is 9.53 Å². The van der Waals surface area contributed by atoms with Crippen LogP contribution < -0.4 is 4.90 Å². The van der Waals surface area contributed by atoms with Gasteiger partial charge in [0.2, 0.25) is 5.13 Å². The molecule has 2 aromatic rings. The number of hydrogen-bond donors (Lipinski definition) is 0. The van der Waals surface area contributed by atoms with Gasteiger partial charge in [0.15, 0.2) is 0 Å². The molecule has 5 nitrogen and oxygen atoms in total. The molecule has 0 unspecified atom stereocenters. The molecule has 1 heterocycles. The van der Waals surface area contributed by atoms with Crippen molar-refractivity contribution in [1.82, 2.24) is 10.2 Å². The predicted molar refractivity (Wildman–Crippen MR) is 83.0 cm³/mol. The Bertz CT molecular complexity index is 612. The maximum Gasteiger partial charge on any atom is 0.416 e. The summed E-state index contributed by atoms with van der Waals surface area (Å²) in [5, 5.41) is 9.31. The molecule has 0 spiro atoms. The lowest BCUT2D eigenvalue weighted by atomic mass is 10.2. The summed E-state index contributed by atoms with van der Waals surface area (Å²) in [6.07, 6.45) is 1.03. The van der Waals surface area contributed by atoms with E-state index in [9.17, 15) is 4.79 Å². The maximum absolute atomic E-state index is 11.7. The summed E-state index contributed by atoms with van der Waals surface area (Å²) in [5.41, 5.74) is 0.949. The molecule has 1 aromatic heterocycles. The maximum atomic E-state index is 11.7. The predicted octanol–water partition coefficient (Wildman–Crippen LogP) is 3.73. The molecule has 0 bridgehead atoms. The highest BCUT2D eigenvalue weighted by Crippen LogP contribution is 2.29. The van der Waals surface area contributed by atoms with Crippen molar-refractivity contribution in [2.75, 3.05) is 18.6 Å². The van der Waals surface area contributed by atoms with Crippen LogP contribution in [0.15, 0.2) is 41.4 Å². The molecule has 0 aliphatic rings. The number of rotatable bonds is 4. The molecule has 0 saturated carbocycles. The lowest BCUT2D eigenvalue weighted by Gasteiger charge is -2.11. The van der Waals surface area contributed by atoms with Gasteiger partial charge in [0.25, 0.3) is 0 Å². The molecular formula is C13H12BrN3O2S. The lowest BCUT2D eigenvalue weighted by Crippen LogP contribution is -2.26. The fraction of sp³-hybridized carbons (Fsp3) is 0.154. The van der Waals surface area contributed by atoms with E-state index in [-0.39, 0.29) is 6.61 Å². The van der Waals surface area contributed by atoms with E-state index >= 15 is 0 Å². The van der Waals surface area contributed by atoms with Crippen molar-refractivity contribution >= 4 is 38.5 Å². The highest BCUT2D eigenvalue weighted by atomic mass is 79.9. The molecule has 0 radical (unpaired) electrons. The monoisotopic (exact) mass is 353 g/mol. The molecule has 0 fully saturated rings. The molecule has 2 rings (SSSR count). The third-order valence-electron chi connectivity index (χ3n) is 2.39. The van der Waals surface area contributed by atoms with Gasteiger partial charge in [-0.25, -0.2) is 4.79 Å². The average Bonchev–Trinajstić information content (AvgIpc) is 2.94. The van der Waals surface area contributed by atoms with E-state index in [2.05, 4.69) is 32.7 Å². The number of anilines is 1. The second-order valence-corrected chi connectivity index (χ2v) is 5.69. The molecule has 1 amide bonds. The zero-order valence-corrected chi connectivity index (χ0v) is 13.1. The number of carbonyl (C=O) groups is 1. The molecule has 0 N–H and O–H groups in total. The van der Waals surface area contributed by atoms with Crippen LogP contribution in [-0.2, 0) is 4.74 Å². The molecule has 20 heavy (non-hydrogen) atoms. The topological polar surface area (TPSA) is 55.3 Å². The van der Waals surface area contributed by atoms with E-state index in [1.54, 1.807) is 7.05 Å². The summed E-state index contributed by atoms with van der Waals surface area (Å²) < 4.78 is 5.94. The van der Waals surface area contributed by atoms with Gasteiger partial charge in [-0.1, -0.05) is 52.1 Å². The van der Waals surface area contributed by atoms with Gasteiger partial charge >= 0.3 is 6.09 Å². The smallest absolute Gasteiger partial charge is 0.416 e. The first-order chi connectivity index (χ1) is 9.61. The van der Waals surface area contributed by atoms with Crippen LogP contribution in [0.5, 0.6) is 0 Å². The van der Waals surface area contributed by atoms with Crippen molar-refractivity contribution in [2.24, 2.45) is 0 Å². The molecule has 0 saturated heterocycles.